The van der Waals surface area contributed by atoms with Gasteiger partial charge in [-0.1, -0.05) is 26.0 Å². The lowest BCUT2D eigenvalue weighted by Crippen LogP contribution is -2.03. The normalized spacial score (nSPS) is 11.6. The molecule has 4 heterocycles. The first-order chi connectivity index (χ1) is 12.1. The topological polar surface area (TPSA) is 60.9 Å². The van der Waals surface area contributed by atoms with Crippen LogP contribution in [0.2, 0.25) is 0 Å². The van der Waals surface area contributed by atoms with Gasteiger partial charge in [0.2, 0.25) is 5.95 Å². The van der Waals surface area contributed by atoms with Gasteiger partial charge in [-0.05, 0) is 31.2 Å². The summed E-state index contributed by atoms with van der Waals surface area (Å²) in [5, 5.41) is 4.52. The maximum Gasteiger partial charge on any atom is 0.229 e. The third-order valence-corrected chi connectivity index (χ3v) is 4.00. The highest BCUT2D eigenvalue weighted by Crippen LogP contribution is 2.26. The predicted molar refractivity (Wildman–Crippen MR) is 92.1 cm³/mol. The highest BCUT2D eigenvalue weighted by molar-refractivity contribution is 5.59. The molecule has 7 heteroatoms. The fraction of sp³-hybridized carbons (Fsp3) is 0.222. The van der Waals surface area contributed by atoms with Gasteiger partial charge in [0, 0.05) is 17.8 Å². The van der Waals surface area contributed by atoms with Crippen molar-refractivity contribution in [1.82, 2.24) is 29.1 Å². The molecule has 0 atom stereocenters. The van der Waals surface area contributed by atoms with Gasteiger partial charge in [-0.25, -0.2) is 15.0 Å². The Morgan fingerprint density at radius 2 is 1.88 bits per heavy atom. The van der Waals surface area contributed by atoms with Gasteiger partial charge >= 0.3 is 0 Å². The number of aryl methyl sites for hydroxylation is 1. The van der Waals surface area contributed by atoms with Gasteiger partial charge in [0.15, 0.2) is 23.2 Å². The molecule has 0 aromatic carbocycles. The molecule has 6 nitrogen and oxygen atoms in total. The third-order valence-electron chi connectivity index (χ3n) is 4.00. The Bertz CT molecular complexity index is 1050. The molecule has 0 saturated carbocycles. The zero-order valence-electron chi connectivity index (χ0n) is 14.2. The van der Waals surface area contributed by atoms with Gasteiger partial charge < -0.3 is 0 Å². The Labute approximate surface area is 144 Å². The highest BCUT2D eigenvalue weighted by Gasteiger charge is 2.23. The quantitative estimate of drug-likeness (QED) is 0.574. The fourth-order valence-electron chi connectivity index (χ4n) is 2.72. The second kappa shape index (κ2) is 5.77. The molecule has 0 aliphatic rings. The molecule has 0 N–H and O–H groups in total. The van der Waals surface area contributed by atoms with Crippen LogP contribution in [0.4, 0.5) is 4.39 Å². The maximum atomic E-state index is 15.1. The third kappa shape index (κ3) is 2.48. The lowest BCUT2D eigenvalue weighted by atomic mass is 10.2. The maximum absolute atomic E-state index is 15.1. The first-order valence-corrected chi connectivity index (χ1v) is 8.08. The van der Waals surface area contributed by atoms with Gasteiger partial charge in [-0.2, -0.15) is 9.07 Å². The molecule has 0 unspecified atom stereocenters. The van der Waals surface area contributed by atoms with Gasteiger partial charge in [0.25, 0.3) is 0 Å². The Kier molecular flexibility index (Phi) is 3.56. The van der Waals surface area contributed by atoms with Crippen LogP contribution in [0.25, 0.3) is 23.0 Å². The smallest absolute Gasteiger partial charge is 0.229 e. The molecule has 0 fully saturated rings. The van der Waals surface area contributed by atoms with Crippen LogP contribution in [0, 0.1) is 12.9 Å². The van der Waals surface area contributed by atoms with Crippen LogP contribution in [0.1, 0.15) is 31.3 Å². The SMILES string of the molecule is Cc1cccc2nc(-c3nc(C(C)C)nn3-c3ccccn3)c(F)n12. The van der Waals surface area contributed by atoms with Gasteiger partial charge in [0.05, 0.1) is 0 Å². The average Bonchev–Trinajstić information content (AvgIpc) is 3.18. The number of pyridine rings is 2. The number of fused-ring (bicyclic) bond motifs is 1. The van der Waals surface area contributed by atoms with Crippen LogP contribution in [0.15, 0.2) is 42.6 Å². The monoisotopic (exact) mass is 336 g/mol. The summed E-state index contributed by atoms with van der Waals surface area (Å²) in [5.41, 5.74) is 1.47. The summed E-state index contributed by atoms with van der Waals surface area (Å²) in [5.74, 6) is 1.19. The van der Waals surface area contributed by atoms with Crippen molar-refractivity contribution in [3.05, 3.63) is 60.1 Å². The van der Waals surface area contributed by atoms with E-state index in [-0.39, 0.29) is 11.6 Å². The van der Waals surface area contributed by atoms with E-state index in [2.05, 4.69) is 20.1 Å². The number of halogens is 1. The standard InChI is InChI=1S/C18H17FN6/c1-11(2)17-22-18(25(23-17)13-8-4-5-10-20-13)15-16(19)24-12(3)7-6-9-14(24)21-15/h4-11H,1-3H3. The fourth-order valence-corrected chi connectivity index (χ4v) is 2.72. The van der Waals surface area contributed by atoms with Crippen molar-refractivity contribution in [1.29, 1.82) is 0 Å². The minimum atomic E-state index is -0.451. The van der Waals surface area contributed by atoms with Crippen LogP contribution >= 0.6 is 0 Å². The Morgan fingerprint density at radius 1 is 1.04 bits per heavy atom. The highest BCUT2D eigenvalue weighted by atomic mass is 19.1. The van der Waals surface area contributed by atoms with E-state index in [1.807, 2.05) is 45.0 Å². The van der Waals surface area contributed by atoms with Crippen molar-refractivity contribution in [3.8, 4) is 17.3 Å². The summed E-state index contributed by atoms with van der Waals surface area (Å²) in [6, 6.07) is 10.9. The molecule has 0 bridgehead atoms. The molecule has 4 rings (SSSR count). The molecule has 0 amide bonds. The van der Waals surface area contributed by atoms with Crippen LogP contribution < -0.4 is 0 Å². The van der Waals surface area contributed by atoms with E-state index in [9.17, 15) is 0 Å². The zero-order valence-corrected chi connectivity index (χ0v) is 14.2. The molecule has 0 aliphatic heterocycles. The number of hydrogen-bond donors (Lipinski definition) is 0. The van der Waals surface area contributed by atoms with Crippen molar-refractivity contribution in [2.45, 2.75) is 26.7 Å². The number of aromatic nitrogens is 6. The average molecular weight is 336 g/mol. The van der Waals surface area contributed by atoms with E-state index in [1.54, 1.807) is 23.0 Å². The predicted octanol–water partition coefficient (Wildman–Crippen LogP) is 3.55. The molecular formula is C18H17FN6. The summed E-state index contributed by atoms with van der Waals surface area (Å²) in [4.78, 5) is 13.3. The summed E-state index contributed by atoms with van der Waals surface area (Å²) in [7, 11) is 0. The van der Waals surface area contributed by atoms with E-state index < -0.39 is 5.95 Å². The van der Waals surface area contributed by atoms with Crippen molar-refractivity contribution < 1.29 is 4.39 Å². The van der Waals surface area contributed by atoms with Crippen molar-refractivity contribution in [2.24, 2.45) is 0 Å². The Hall–Kier alpha value is -3.09. The Balaban J connectivity index is 2.00. The second-order valence-corrected chi connectivity index (χ2v) is 6.16. The number of imidazole rings is 1. The van der Waals surface area contributed by atoms with E-state index in [1.165, 1.54) is 4.40 Å². The van der Waals surface area contributed by atoms with Gasteiger partial charge in [-0.15, -0.1) is 5.10 Å². The minimum Gasteiger partial charge on any atom is -0.273 e. The lowest BCUT2D eigenvalue weighted by molar-refractivity contribution is 0.570. The van der Waals surface area contributed by atoms with E-state index >= 15 is 4.39 Å². The molecule has 25 heavy (non-hydrogen) atoms. The van der Waals surface area contributed by atoms with Crippen molar-refractivity contribution in [2.75, 3.05) is 0 Å². The van der Waals surface area contributed by atoms with Crippen LogP contribution in [-0.2, 0) is 0 Å². The number of nitrogens with zero attached hydrogens (tertiary/aromatic N) is 6. The molecule has 4 aromatic rings. The largest absolute Gasteiger partial charge is 0.273 e. The molecule has 0 radical (unpaired) electrons. The van der Waals surface area contributed by atoms with Crippen molar-refractivity contribution >= 4 is 5.65 Å². The minimum absolute atomic E-state index is 0.102. The van der Waals surface area contributed by atoms with Gasteiger partial charge in [0.1, 0.15) is 5.65 Å². The summed E-state index contributed by atoms with van der Waals surface area (Å²) >= 11 is 0. The second-order valence-electron chi connectivity index (χ2n) is 6.16. The molecular weight excluding hydrogens is 319 g/mol. The first kappa shape index (κ1) is 15.4. The van der Waals surface area contributed by atoms with Crippen molar-refractivity contribution in [3.63, 3.8) is 0 Å². The summed E-state index contributed by atoms with van der Waals surface area (Å²) < 4.78 is 18.1. The molecule has 0 saturated heterocycles. The zero-order chi connectivity index (χ0) is 17.6. The summed E-state index contributed by atoms with van der Waals surface area (Å²) in [6.45, 7) is 5.82. The Morgan fingerprint density at radius 3 is 2.56 bits per heavy atom. The van der Waals surface area contributed by atoms with E-state index in [4.69, 9.17) is 0 Å². The van der Waals surface area contributed by atoms with Crippen LogP contribution in [0.3, 0.4) is 0 Å². The molecule has 126 valence electrons. The van der Waals surface area contributed by atoms with Crippen LogP contribution in [-0.4, -0.2) is 29.1 Å². The lowest BCUT2D eigenvalue weighted by Gasteiger charge is -2.02. The molecule has 0 spiro atoms. The van der Waals surface area contributed by atoms with Crippen LogP contribution in [0.5, 0.6) is 0 Å². The number of rotatable bonds is 3. The van der Waals surface area contributed by atoms with E-state index in [0.29, 0.717) is 23.1 Å². The van der Waals surface area contributed by atoms with Gasteiger partial charge in [-0.3, -0.25) is 4.40 Å². The summed E-state index contributed by atoms with van der Waals surface area (Å²) in [6.07, 6.45) is 1.67. The molecule has 0 aliphatic carbocycles. The van der Waals surface area contributed by atoms with E-state index in [0.717, 1.165) is 5.69 Å². The number of hydrogen-bond acceptors (Lipinski definition) is 4. The first-order valence-electron chi connectivity index (χ1n) is 8.08. The molecule has 4 aromatic heterocycles.